The van der Waals surface area contributed by atoms with Crippen LogP contribution in [0, 0.1) is 0 Å². The number of rotatable bonds is 11. The summed E-state index contributed by atoms with van der Waals surface area (Å²) in [5.41, 5.74) is 8.45. The number of ether oxygens (including phenoxy) is 2. The summed E-state index contributed by atoms with van der Waals surface area (Å²) in [5.74, 6) is 0.609. The van der Waals surface area contributed by atoms with E-state index < -0.39 is 0 Å². The molecule has 37 heavy (non-hydrogen) atoms. The number of benzene rings is 1. The van der Waals surface area contributed by atoms with Gasteiger partial charge in [0.15, 0.2) is 11.5 Å². The number of aryl methyl sites for hydroxylation is 1. The van der Waals surface area contributed by atoms with Crippen molar-refractivity contribution in [3.05, 3.63) is 51.7 Å². The third kappa shape index (κ3) is 6.92. The molecule has 4 rings (SSSR count). The van der Waals surface area contributed by atoms with Gasteiger partial charge in [0.05, 0.1) is 19.8 Å². The molecule has 1 aromatic carbocycles. The van der Waals surface area contributed by atoms with E-state index in [1.165, 1.54) is 4.57 Å². The van der Waals surface area contributed by atoms with Crippen molar-refractivity contribution < 1.29 is 19.1 Å². The van der Waals surface area contributed by atoms with Crippen LogP contribution in [0.15, 0.2) is 29.1 Å². The monoisotopic (exact) mass is 511 g/mol. The maximum atomic E-state index is 12.6. The van der Waals surface area contributed by atoms with E-state index in [1.807, 2.05) is 24.3 Å². The van der Waals surface area contributed by atoms with Crippen molar-refractivity contribution in [2.75, 3.05) is 45.8 Å². The average Bonchev–Trinajstić information content (AvgIpc) is 3.23. The van der Waals surface area contributed by atoms with Crippen molar-refractivity contribution >= 4 is 28.8 Å². The Hall–Kier alpha value is -3.77. The quantitative estimate of drug-likeness (QED) is 0.316. The average molecular weight is 512 g/mol. The van der Waals surface area contributed by atoms with Crippen LogP contribution in [-0.4, -0.2) is 76.3 Å². The van der Waals surface area contributed by atoms with Crippen LogP contribution in [-0.2, 0) is 38.6 Å². The first-order valence-electron chi connectivity index (χ1n) is 12.4. The first kappa shape index (κ1) is 26.3. The summed E-state index contributed by atoms with van der Waals surface area (Å²) in [4.78, 5) is 50.3. The molecule has 4 N–H and O–H groups in total. The van der Waals surface area contributed by atoms with Gasteiger partial charge in [0.1, 0.15) is 11.3 Å². The van der Waals surface area contributed by atoms with Crippen LogP contribution < -0.4 is 16.7 Å². The molecule has 1 fully saturated rings. The fourth-order valence-electron chi connectivity index (χ4n) is 4.16. The van der Waals surface area contributed by atoms with Crippen LogP contribution in [0.3, 0.4) is 0 Å². The molecule has 0 radical (unpaired) electrons. The molecule has 198 valence electrons. The highest BCUT2D eigenvalue weighted by Crippen LogP contribution is 2.16. The lowest BCUT2D eigenvalue weighted by Gasteiger charge is -2.26. The number of anilines is 1. The lowest BCUT2D eigenvalue weighted by Crippen LogP contribution is -2.41. The van der Waals surface area contributed by atoms with Crippen molar-refractivity contribution in [3.63, 3.8) is 0 Å². The van der Waals surface area contributed by atoms with E-state index in [1.54, 1.807) is 12.0 Å². The Kier molecular flexibility index (Phi) is 8.86. The van der Waals surface area contributed by atoms with Gasteiger partial charge in [-0.1, -0.05) is 24.3 Å². The van der Waals surface area contributed by atoms with Crippen LogP contribution in [0.5, 0.6) is 0 Å². The normalized spacial score (nSPS) is 13.7. The molecule has 0 unspecified atom stereocenters. The summed E-state index contributed by atoms with van der Waals surface area (Å²) in [5, 5.41) is 2.85. The van der Waals surface area contributed by atoms with Gasteiger partial charge in [0, 0.05) is 52.6 Å². The highest BCUT2D eigenvalue weighted by atomic mass is 16.5. The molecule has 12 nitrogen and oxygen atoms in total. The molecule has 12 heteroatoms. The highest BCUT2D eigenvalue weighted by molar-refractivity contribution is 5.84. The molecular formula is C25H33N7O5. The number of aromatic amines is 1. The van der Waals surface area contributed by atoms with Crippen LogP contribution in [0.25, 0.3) is 11.2 Å². The molecule has 0 saturated carbocycles. The number of nitrogens with one attached hydrogen (secondary N) is 2. The topological polar surface area (TPSA) is 157 Å². The maximum absolute atomic E-state index is 12.6. The zero-order valence-electron chi connectivity index (χ0n) is 21.0. The van der Waals surface area contributed by atoms with Gasteiger partial charge in [0.25, 0.3) is 0 Å². The van der Waals surface area contributed by atoms with Crippen molar-refractivity contribution in [2.24, 2.45) is 0 Å². The van der Waals surface area contributed by atoms with Crippen LogP contribution in [0.1, 0.15) is 36.2 Å². The van der Waals surface area contributed by atoms with Gasteiger partial charge in [-0.25, -0.2) is 14.8 Å². The lowest BCUT2D eigenvalue weighted by atomic mass is 10.1. The number of amides is 2. The molecule has 1 aliphatic heterocycles. The van der Waals surface area contributed by atoms with E-state index in [0.717, 1.165) is 17.5 Å². The molecule has 0 spiro atoms. The predicted molar refractivity (Wildman–Crippen MR) is 137 cm³/mol. The number of morpholine rings is 1. The number of nitrogens with two attached hydrogens (primary N) is 1. The molecule has 0 bridgehead atoms. The van der Waals surface area contributed by atoms with Gasteiger partial charge in [-0.15, -0.1) is 0 Å². The molecule has 1 aliphatic rings. The minimum Gasteiger partial charge on any atom is -0.385 e. The number of hydrogen-bond donors (Lipinski definition) is 3. The fourth-order valence-corrected chi connectivity index (χ4v) is 4.16. The summed E-state index contributed by atoms with van der Waals surface area (Å²) in [6.45, 7) is 3.48. The third-order valence-corrected chi connectivity index (χ3v) is 6.23. The second-order valence-corrected chi connectivity index (χ2v) is 8.92. The minimum absolute atomic E-state index is 0.0237. The molecule has 0 aliphatic carbocycles. The van der Waals surface area contributed by atoms with E-state index in [9.17, 15) is 14.4 Å². The number of H-pyrrole nitrogens is 1. The molecule has 3 heterocycles. The number of hydrogen-bond acceptors (Lipinski definition) is 8. The van der Waals surface area contributed by atoms with Gasteiger partial charge in [-0.2, -0.15) is 0 Å². The Morgan fingerprint density at radius 1 is 1.14 bits per heavy atom. The molecule has 3 aromatic rings. The number of imidazole rings is 1. The molecule has 2 aromatic heterocycles. The number of nitrogens with zero attached hydrogens (tertiary/aromatic N) is 4. The number of nitrogen functional groups attached to an aromatic ring is 1. The lowest BCUT2D eigenvalue weighted by molar-refractivity contribution is -0.137. The van der Waals surface area contributed by atoms with Gasteiger partial charge < -0.3 is 30.4 Å². The Morgan fingerprint density at radius 3 is 2.59 bits per heavy atom. The van der Waals surface area contributed by atoms with Gasteiger partial charge in [-0.3, -0.25) is 14.2 Å². The van der Waals surface area contributed by atoms with E-state index >= 15 is 0 Å². The maximum Gasteiger partial charge on any atom is 0.328 e. The molecular weight excluding hydrogens is 478 g/mol. The first-order valence-corrected chi connectivity index (χ1v) is 12.4. The van der Waals surface area contributed by atoms with Crippen LogP contribution >= 0.6 is 0 Å². The fraction of sp³-hybridized carbons (Fsp3) is 0.480. The van der Waals surface area contributed by atoms with E-state index in [4.69, 9.17) is 15.2 Å². The smallest absolute Gasteiger partial charge is 0.328 e. The second-order valence-electron chi connectivity index (χ2n) is 8.92. The van der Waals surface area contributed by atoms with Crippen molar-refractivity contribution in [2.45, 2.75) is 38.8 Å². The number of carbonyl (C=O) groups excluding carboxylic acids is 2. The summed E-state index contributed by atoms with van der Waals surface area (Å²) in [6.07, 6.45) is 1.68. The zero-order chi connectivity index (χ0) is 26.2. The van der Waals surface area contributed by atoms with Gasteiger partial charge in [-0.05, 0) is 17.5 Å². The number of fused-ring (bicyclic) bond motifs is 1. The largest absolute Gasteiger partial charge is 0.385 e. The highest BCUT2D eigenvalue weighted by Gasteiger charge is 2.18. The summed E-state index contributed by atoms with van der Waals surface area (Å²) in [7, 11) is 1.64. The summed E-state index contributed by atoms with van der Waals surface area (Å²) < 4.78 is 11.9. The Bertz CT molecular complexity index is 1280. The second kappa shape index (κ2) is 12.5. The predicted octanol–water partition coefficient (Wildman–Crippen LogP) is 0.584. The van der Waals surface area contributed by atoms with E-state index in [0.29, 0.717) is 69.4 Å². The van der Waals surface area contributed by atoms with Crippen LogP contribution in [0.2, 0.25) is 0 Å². The zero-order valence-corrected chi connectivity index (χ0v) is 21.0. The van der Waals surface area contributed by atoms with Crippen LogP contribution in [0.4, 0.5) is 5.82 Å². The minimum atomic E-state index is -0.312. The summed E-state index contributed by atoms with van der Waals surface area (Å²) >= 11 is 0. The van der Waals surface area contributed by atoms with E-state index in [2.05, 4.69) is 20.3 Å². The van der Waals surface area contributed by atoms with Crippen molar-refractivity contribution in [1.29, 1.82) is 0 Å². The van der Waals surface area contributed by atoms with Crippen molar-refractivity contribution in [1.82, 2.24) is 29.7 Å². The SMILES string of the molecule is COCCCc1nc(N)c2[nH]c(=O)n(Cc3ccc(CNC(=O)CCC(=O)N4CCOCC4)cc3)c2n1. The first-order chi connectivity index (χ1) is 17.9. The Labute approximate surface area is 214 Å². The van der Waals surface area contributed by atoms with E-state index in [-0.39, 0.29) is 36.2 Å². The number of carbonyl (C=O) groups is 2. The van der Waals surface area contributed by atoms with Crippen molar-refractivity contribution in [3.8, 4) is 0 Å². The molecule has 1 saturated heterocycles. The number of aromatic nitrogens is 4. The summed E-state index contributed by atoms with van der Waals surface area (Å²) in [6, 6.07) is 7.60. The van der Waals surface area contributed by atoms with Gasteiger partial charge in [0.2, 0.25) is 11.8 Å². The Balaban J connectivity index is 1.32. The molecule has 2 amide bonds. The third-order valence-electron chi connectivity index (χ3n) is 6.23. The Morgan fingerprint density at radius 2 is 1.86 bits per heavy atom. The van der Waals surface area contributed by atoms with Gasteiger partial charge >= 0.3 is 5.69 Å². The number of methoxy groups -OCH3 is 1. The standard InChI is InChI=1S/C25H33N7O5/c1-36-12-2-3-19-28-23(26)22-24(29-19)32(25(35)30-22)16-18-6-4-17(5-7-18)15-27-20(33)8-9-21(34)31-10-13-37-14-11-31/h4-7H,2-3,8-16H2,1H3,(H,27,33)(H,30,35)(H2,26,28,29). The molecule has 0 atom stereocenters.